The van der Waals surface area contributed by atoms with Gasteiger partial charge in [0.25, 0.3) is 5.91 Å². The fraction of sp³-hybridized carbons (Fsp3) is 0.344. The van der Waals surface area contributed by atoms with Gasteiger partial charge in [-0.3, -0.25) is 4.79 Å². The number of benzene rings is 3. The first-order chi connectivity index (χ1) is 19.9. The van der Waals surface area contributed by atoms with Gasteiger partial charge in [0.15, 0.2) is 0 Å². The van der Waals surface area contributed by atoms with Gasteiger partial charge in [-0.05, 0) is 70.1 Å². The first kappa shape index (κ1) is 27.0. The highest BCUT2D eigenvalue weighted by Crippen LogP contribution is 2.35. The molecule has 1 atom stereocenters. The number of amides is 1. The molecule has 0 spiro atoms. The number of carbonyl (C=O) groups excluding carboxylic acids is 1. The number of fused-ring (bicyclic) bond motifs is 1. The highest BCUT2D eigenvalue weighted by Gasteiger charge is 2.26. The van der Waals surface area contributed by atoms with E-state index in [1.165, 1.54) is 18.6 Å². The number of anilines is 3. The van der Waals surface area contributed by atoms with E-state index < -0.39 is 5.82 Å². The van der Waals surface area contributed by atoms with Crippen LogP contribution in [0.3, 0.4) is 0 Å². The van der Waals surface area contributed by atoms with E-state index in [4.69, 9.17) is 4.74 Å². The number of halogens is 1. The standard InChI is InChI=1S/C32H35FN6O2/c1-37(2)24-13-17-39(21-24)32-34-14-12-30(36-32)41-29-11-10-28(26-8-4-5-9-27(26)29)35-31(40)22-18-23(33)20-25(19-22)38-15-6-3-7-16-38/h4-5,8-12,14,18-20,24H,3,6-7,13,15-17,21H2,1-2H3,(H,35,40)/t24-/m0/s1. The van der Waals surface area contributed by atoms with E-state index in [1.54, 1.807) is 18.3 Å². The summed E-state index contributed by atoms with van der Waals surface area (Å²) < 4.78 is 20.8. The molecule has 0 saturated carbocycles. The summed E-state index contributed by atoms with van der Waals surface area (Å²) in [5.74, 6) is 0.953. The molecular weight excluding hydrogens is 519 g/mol. The lowest BCUT2D eigenvalue weighted by Crippen LogP contribution is -2.32. The quantitative estimate of drug-likeness (QED) is 0.303. The maximum Gasteiger partial charge on any atom is 0.255 e. The lowest BCUT2D eigenvalue weighted by atomic mass is 10.1. The molecule has 212 valence electrons. The van der Waals surface area contributed by atoms with Crippen molar-refractivity contribution in [2.24, 2.45) is 0 Å². The van der Waals surface area contributed by atoms with Crippen LogP contribution < -0.4 is 19.9 Å². The topological polar surface area (TPSA) is 73.8 Å². The number of piperidine rings is 1. The number of hydrogen-bond acceptors (Lipinski definition) is 7. The fourth-order valence-electron chi connectivity index (χ4n) is 5.70. The van der Waals surface area contributed by atoms with Crippen LogP contribution in [0.1, 0.15) is 36.0 Å². The van der Waals surface area contributed by atoms with Crippen LogP contribution >= 0.6 is 0 Å². The number of rotatable bonds is 7. The molecule has 1 N–H and O–H groups in total. The molecule has 4 aromatic rings. The molecule has 2 aliphatic heterocycles. The largest absolute Gasteiger partial charge is 0.438 e. The molecule has 0 aliphatic carbocycles. The minimum atomic E-state index is -0.415. The second-order valence-corrected chi connectivity index (χ2v) is 11.0. The highest BCUT2D eigenvalue weighted by atomic mass is 19.1. The maximum atomic E-state index is 14.5. The van der Waals surface area contributed by atoms with Crippen molar-refractivity contribution in [2.45, 2.75) is 31.7 Å². The molecular formula is C32H35FN6O2. The van der Waals surface area contributed by atoms with Crippen molar-refractivity contribution in [3.63, 3.8) is 0 Å². The zero-order chi connectivity index (χ0) is 28.3. The van der Waals surface area contributed by atoms with E-state index in [2.05, 4.69) is 44.1 Å². The Kier molecular flexibility index (Phi) is 7.69. The van der Waals surface area contributed by atoms with Crippen LogP contribution in [0, 0.1) is 5.82 Å². The first-order valence-electron chi connectivity index (χ1n) is 14.3. The Labute approximate surface area is 239 Å². The van der Waals surface area contributed by atoms with Crippen molar-refractivity contribution in [1.29, 1.82) is 0 Å². The van der Waals surface area contributed by atoms with Gasteiger partial charge in [0.05, 0.1) is 0 Å². The van der Waals surface area contributed by atoms with Gasteiger partial charge in [-0.1, -0.05) is 24.3 Å². The molecule has 8 nitrogen and oxygen atoms in total. The van der Waals surface area contributed by atoms with Gasteiger partial charge < -0.3 is 24.8 Å². The van der Waals surface area contributed by atoms with Gasteiger partial charge in [-0.15, -0.1) is 0 Å². The Morgan fingerprint density at radius 2 is 1.78 bits per heavy atom. The summed E-state index contributed by atoms with van der Waals surface area (Å²) in [5, 5.41) is 4.63. The molecule has 2 fully saturated rings. The fourth-order valence-corrected chi connectivity index (χ4v) is 5.70. The predicted octanol–water partition coefficient (Wildman–Crippen LogP) is 5.94. The number of nitrogens with one attached hydrogen (secondary N) is 1. The molecule has 2 aliphatic rings. The number of nitrogens with zero attached hydrogens (tertiary/aromatic N) is 5. The second-order valence-electron chi connectivity index (χ2n) is 11.0. The zero-order valence-corrected chi connectivity index (χ0v) is 23.5. The lowest BCUT2D eigenvalue weighted by Gasteiger charge is -2.29. The van der Waals surface area contributed by atoms with Crippen molar-refractivity contribution in [2.75, 3.05) is 55.4 Å². The highest BCUT2D eigenvalue weighted by molar-refractivity contribution is 6.10. The summed E-state index contributed by atoms with van der Waals surface area (Å²) in [6, 6.07) is 18.1. The molecule has 0 unspecified atom stereocenters. The summed E-state index contributed by atoms with van der Waals surface area (Å²) in [4.78, 5) is 29.0. The van der Waals surface area contributed by atoms with E-state index in [0.29, 0.717) is 34.9 Å². The van der Waals surface area contributed by atoms with Gasteiger partial charge in [0, 0.05) is 72.2 Å². The van der Waals surface area contributed by atoms with Crippen LogP contribution in [0.15, 0.2) is 66.9 Å². The van der Waals surface area contributed by atoms with E-state index in [9.17, 15) is 9.18 Å². The van der Waals surface area contributed by atoms with Gasteiger partial charge in [-0.2, -0.15) is 4.98 Å². The average molecular weight is 555 g/mol. The maximum absolute atomic E-state index is 14.5. The van der Waals surface area contributed by atoms with Gasteiger partial charge in [0.2, 0.25) is 11.8 Å². The van der Waals surface area contributed by atoms with Crippen molar-refractivity contribution in [1.82, 2.24) is 14.9 Å². The van der Waals surface area contributed by atoms with Crippen LogP contribution in [0.5, 0.6) is 11.6 Å². The first-order valence-corrected chi connectivity index (χ1v) is 14.3. The molecule has 1 aromatic heterocycles. The van der Waals surface area contributed by atoms with Crippen molar-refractivity contribution in [3.8, 4) is 11.6 Å². The number of hydrogen-bond donors (Lipinski definition) is 1. The number of aromatic nitrogens is 2. The lowest BCUT2D eigenvalue weighted by molar-refractivity contribution is 0.102. The van der Waals surface area contributed by atoms with E-state index in [1.807, 2.05) is 36.4 Å². The molecule has 41 heavy (non-hydrogen) atoms. The van der Waals surface area contributed by atoms with Crippen LogP contribution in [-0.2, 0) is 0 Å². The predicted molar refractivity (Wildman–Crippen MR) is 161 cm³/mol. The molecule has 0 bridgehead atoms. The van der Waals surface area contributed by atoms with Gasteiger partial charge in [-0.25, -0.2) is 9.37 Å². The minimum Gasteiger partial charge on any atom is -0.438 e. The smallest absolute Gasteiger partial charge is 0.255 e. The molecule has 1 amide bonds. The van der Waals surface area contributed by atoms with E-state index >= 15 is 0 Å². The average Bonchev–Trinajstić information content (AvgIpc) is 3.50. The summed E-state index contributed by atoms with van der Waals surface area (Å²) >= 11 is 0. The molecule has 6 rings (SSSR count). The number of carbonyl (C=O) groups is 1. The van der Waals surface area contributed by atoms with Crippen LogP contribution in [0.25, 0.3) is 10.8 Å². The Hall–Kier alpha value is -4.24. The van der Waals surface area contributed by atoms with E-state index in [-0.39, 0.29) is 5.91 Å². The molecule has 2 saturated heterocycles. The Morgan fingerprint density at radius 1 is 0.976 bits per heavy atom. The summed E-state index contributed by atoms with van der Waals surface area (Å²) in [6.07, 6.45) is 6.11. The second kappa shape index (κ2) is 11.7. The zero-order valence-electron chi connectivity index (χ0n) is 23.5. The summed E-state index contributed by atoms with van der Waals surface area (Å²) in [6.45, 7) is 3.52. The Morgan fingerprint density at radius 3 is 2.56 bits per heavy atom. The molecule has 9 heteroatoms. The Bertz CT molecular complexity index is 1550. The minimum absolute atomic E-state index is 0.293. The third-order valence-electron chi connectivity index (χ3n) is 8.01. The van der Waals surface area contributed by atoms with Crippen molar-refractivity contribution >= 4 is 34.0 Å². The van der Waals surface area contributed by atoms with Crippen LogP contribution in [0.2, 0.25) is 0 Å². The summed E-state index contributed by atoms with van der Waals surface area (Å²) in [7, 11) is 4.19. The van der Waals surface area contributed by atoms with Gasteiger partial charge >= 0.3 is 0 Å². The normalized spacial score (nSPS) is 17.3. The number of ether oxygens (including phenoxy) is 1. The monoisotopic (exact) mass is 554 g/mol. The van der Waals surface area contributed by atoms with Crippen LogP contribution in [-0.4, -0.2) is 67.1 Å². The van der Waals surface area contributed by atoms with E-state index in [0.717, 1.165) is 61.9 Å². The Balaban J connectivity index is 1.22. The third kappa shape index (κ3) is 5.95. The van der Waals surface area contributed by atoms with Crippen molar-refractivity contribution in [3.05, 3.63) is 78.2 Å². The summed E-state index contributed by atoms with van der Waals surface area (Å²) in [5.41, 5.74) is 1.66. The number of likely N-dealkylation sites (N-methyl/N-ethyl adjacent to an activating group) is 1. The third-order valence-corrected chi connectivity index (χ3v) is 8.01. The molecule has 3 aromatic carbocycles. The molecule has 0 radical (unpaired) electrons. The van der Waals surface area contributed by atoms with Crippen molar-refractivity contribution < 1.29 is 13.9 Å². The molecule has 3 heterocycles. The van der Waals surface area contributed by atoms with Gasteiger partial charge in [0.1, 0.15) is 11.6 Å². The SMILES string of the molecule is CN(C)[C@H]1CCN(c2nccc(Oc3ccc(NC(=O)c4cc(F)cc(N5CCCCC5)c4)c4ccccc34)n2)C1. The van der Waals surface area contributed by atoms with Crippen LogP contribution in [0.4, 0.5) is 21.7 Å².